The quantitative estimate of drug-likeness (QED) is 0.320. The molecule has 180 valence electrons. The second-order valence-electron chi connectivity index (χ2n) is 12.1. The molecule has 0 saturated carbocycles. The van der Waals surface area contributed by atoms with Gasteiger partial charge >= 0.3 is 0 Å². The molecule has 0 nitrogen and oxygen atoms in total. The third kappa shape index (κ3) is 5.89. The van der Waals surface area contributed by atoms with Gasteiger partial charge in [-0.1, -0.05) is 142 Å². The van der Waals surface area contributed by atoms with E-state index in [1.165, 1.54) is 39.8 Å². The Labute approximate surface area is 205 Å². The summed E-state index contributed by atoms with van der Waals surface area (Å²) in [5.41, 5.74) is 8.38. The largest absolute Gasteiger partial charge is 0.0995 e. The van der Waals surface area contributed by atoms with Gasteiger partial charge in [0.05, 0.1) is 0 Å². The predicted octanol–water partition coefficient (Wildman–Crippen LogP) is 10.2. The minimum absolute atomic E-state index is 0.0447. The smallest absolute Gasteiger partial charge is 0.0146 e. The van der Waals surface area contributed by atoms with E-state index in [9.17, 15) is 0 Å². The van der Waals surface area contributed by atoms with E-state index in [1.54, 1.807) is 0 Å². The van der Waals surface area contributed by atoms with Gasteiger partial charge in [-0.3, -0.25) is 0 Å². The summed E-state index contributed by atoms with van der Waals surface area (Å²) in [6, 6.07) is 18.3. The molecule has 0 aromatic heterocycles. The van der Waals surface area contributed by atoms with E-state index in [0.717, 1.165) is 6.42 Å². The van der Waals surface area contributed by atoms with Gasteiger partial charge in [-0.05, 0) is 46.4 Å². The summed E-state index contributed by atoms with van der Waals surface area (Å²) >= 11 is 0. The van der Waals surface area contributed by atoms with E-state index in [4.69, 9.17) is 0 Å². The second-order valence-corrected chi connectivity index (χ2v) is 12.1. The summed E-state index contributed by atoms with van der Waals surface area (Å²) in [6.45, 7) is 31.7. The molecule has 33 heavy (non-hydrogen) atoms. The molecule has 0 fully saturated rings. The molecule has 0 heterocycles. The maximum Gasteiger partial charge on any atom is 0.0146 e. The molecule has 2 aromatic rings. The molecule has 0 saturated heterocycles. The van der Waals surface area contributed by atoms with Crippen molar-refractivity contribution in [2.75, 3.05) is 0 Å². The average molecular weight is 445 g/mol. The molecule has 2 rings (SSSR count). The fraction of sp³-hybridized carbons (Fsp3) is 0.515. The molecule has 0 aliphatic heterocycles. The Bertz CT molecular complexity index is 948. The SMILES string of the molecule is C=C(C)C(C)c1ccc(C(C)(C)c2ccc(C(C)C(=C)CC(C)(C)C(C)(C)CC)cc2)cc1. The van der Waals surface area contributed by atoms with Crippen LogP contribution in [0.4, 0.5) is 0 Å². The van der Waals surface area contributed by atoms with Gasteiger partial charge in [-0.2, -0.15) is 0 Å². The van der Waals surface area contributed by atoms with Crippen LogP contribution in [0.15, 0.2) is 72.8 Å². The molecule has 0 amide bonds. The molecule has 0 bridgehead atoms. The molecule has 2 aromatic carbocycles. The number of hydrogen-bond acceptors (Lipinski definition) is 0. The van der Waals surface area contributed by atoms with Crippen LogP contribution in [-0.4, -0.2) is 0 Å². The van der Waals surface area contributed by atoms with Crippen molar-refractivity contribution < 1.29 is 0 Å². The van der Waals surface area contributed by atoms with Crippen LogP contribution in [0.2, 0.25) is 0 Å². The van der Waals surface area contributed by atoms with Gasteiger partial charge < -0.3 is 0 Å². The van der Waals surface area contributed by atoms with E-state index >= 15 is 0 Å². The lowest BCUT2D eigenvalue weighted by molar-refractivity contribution is 0.103. The highest BCUT2D eigenvalue weighted by Crippen LogP contribution is 2.47. The zero-order chi connectivity index (χ0) is 25.2. The van der Waals surface area contributed by atoms with Gasteiger partial charge in [0.25, 0.3) is 0 Å². The maximum absolute atomic E-state index is 4.51. The van der Waals surface area contributed by atoms with Gasteiger partial charge in [0.1, 0.15) is 0 Å². The van der Waals surface area contributed by atoms with Crippen LogP contribution in [0.3, 0.4) is 0 Å². The highest BCUT2D eigenvalue weighted by molar-refractivity contribution is 5.42. The summed E-state index contributed by atoms with van der Waals surface area (Å²) in [6.07, 6.45) is 2.23. The number of benzene rings is 2. The predicted molar refractivity (Wildman–Crippen MR) is 148 cm³/mol. The van der Waals surface area contributed by atoms with Gasteiger partial charge in [0.15, 0.2) is 0 Å². The summed E-state index contributed by atoms with van der Waals surface area (Å²) in [5, 5.41) is 0. The first kappa shape index (κ1) is 27.2. The van der Waals surface area contributed by atoms with Crippen molar-refractivity contribution in [3.63, 3.8) is 0 Å². The van der Waals surface area contributed by atoms with Crippen LogP contribution < -0.4 is 0 Å². The summed E-state index contributed by atoms with van der Waals surface area (Å²) in [4.78, 5) is 0. The van der Waals surface area contributed by atoms with Gasteiger partial charge in [-0.25, -0.2) is 0 Å². The molecular formula is C33H48. The molecular weight excluding hydrogens is 396 g/mol. The lowest BCUT2D eigenvalue weighted by atomic mass is 9.63. The van der Waals surface area contributed by atoms with Gasteiger partial charge in [0, 0.05) is 17.3 Å². The highest BCUT2D eigenvalue weighted by Gasteiger charge is 2.36. The van der Waals surface area contributed by atoms with Gasteiger partial charge in [0.2, 0.25) is 0 Å². The number of rotatable bonds is 10. The third-order valence-corrected chi connectivity index (χ3v) is 9.00. The van der Waals surface area contributed by atoms with Crippen LogP contribution in [-0.2, 0) is 5.41 Å². The molecule has 0 spiro atoms. The lowest BCUT2D eigenvalue weighted by Crippen LogP contribution is -2.32. The molecule has 0 radical (unpaired) electrons. The number of allylic oxidation sites excluding steroid dienone is 2. The average Bonchev–Trinajstić information content (AvgIpc) is 2.77. The van der Waals surface area contributed by atoms with Crippen molar-refractivity contribution in [1.29, 1.82) is 0 Å². The van der Waals surface area contributed by atoms with E-state index in [0.29, 0.717) is 17.3 Å². The Kier molecular flexibility index (Phi) is 8.27. The van der Waals surface area contributed by atoms with Crippen molar-refractivity contribution in [3.8, 4) is 0 Å². The summed E-state index contributed by atoms with van der Waals surface area (Å²) in [7, 11) is 0. The van der Waals surface area contributed by atoms with E-state index in [2.05, 4.69) is 131 Å². The lowest BCUT2D eigenvalue weighted by Gasteiger charge is -2.42. The zero-order valence-corrected chi connectivity index (χ0v) is 23.1. The standard InChI is InChI=1S/C33H48/c1-13-31(7,8)32(9,10)22-24(4)26(6)28-16-20-30(21-17-28)33(11,12)29-18-14-27(15-19-29)25(5)23(2)3/h14-21,25-26H,2,4,13,22H2,1,3,5-12H3. The van der Waals surface area contributed by atoms with Crippen molar-refractivity contribution in [2.24, 2.45) is 10.8 Å². The van der Waals surface area contributed by atoms with Crippen molar-refractivity contribution in [1.82, 2.24) is 0 Å². The van der Waals surface area contributed by atoms with Crippen molar-refractivity contribution in [2.45, 2.75) is 99.3 Å². The molecule has 0 aliphatic carbocycles. The zero-order valence-electron chi connectivity index (χ0n) is 23.1. The van der Waals surface area contributed by atoms with Gasteiger partial charge in [-0.15, -0.1) is 0 Å². The first-order chi connectivity index (χ1) is 15.1. The van der Waals surface area contributed by atoms with E-state index < -0.39 is 0 Å². The van der Waals surface area contributed by atoms with E-state index in [-0.39, 0.29) is 10.8 Å². The Morgan fingerprint density at radius 2 is 1.09 bits per heavy atom. The second kappa shape index (κ2) is 10.0. The maximum atomic E-state index is 4.51. The first-order valence-electron chi connectivity index (χ1n) is 12.7. The summed E-state index contributed by atoms with van der Waals surface area (Å²) < 4.78 is 0. The Morgan fingerprint density at radius 3 is 1.45 bits per heavy atom. The Hall–Kier alpha value is -2.08. The van der Waals surface area contributed by atoms with Crippen molar-refractivity contribution >= 4 is 0 Å². The molecule has 0 heteroatoms. The van der Waals surface area contributed by atoms with Crippen LogP contribution in [0.25, 0.3) is 0 Å². The molecule has 0 N–H and O–H groups in total. The van der Waals surface area contributed by atoms with Crippen LogP contribution >= 0.6 is 0 Å². The third-order valence-electron chi connectivity index (χ3n) is 9.00. The molecule has 2 atom stereocenters. The Balaban J connectivity index is 2.19. The monoisotopic (exact) mass is 444 g/mol. The molecule has 2 unspecified atom stereocenters. The molecule has 0 aliphatic rings. The highest BCUT2D eigenvalue weighted by atomic mass is 14.4. The minimum Gasteiger partial charge on any atom is -0.0995 e. The number of hydrogen-bond donors (Lipinski definition) is 0. The topological polar surface area (TPSA) is 0 Å². The minimum atomic E-state index is -0.0447. The fourth-order valence-corrected chi connectivity index (χ4v) is 4.50. The van der Waals surface area contributed by atoms with Crippen LogP contribution in [0.5, 0.6) is 0 Å². The van der Waals surface area contributed by atoms with Crippen molar-refractivity contribution in [3.05, 3.63) is 95.1 Å². The summed E-state index contributed by atoms with van der Waals surface area (Å²) in [5.74, 6) is 0.751. The van der Waals surface area contributed by atoms with Crippen LogP contribution in [0.1, 0.15) is 116 Å². The van der Waals surface area contributed by atoms with Crippen LogP contribution in [0, 0.1) is 10.8 Å². The fourth-order valence-electron chi connectivity index (χ4n) is 4.50. The first-order valence-corrected chi connectivity index (χ1v) is 12.7. The Morgan fingerprint density at radius 1 is 0.697 bits per heavy atom. The van der Waals surface area contributed by atoms with E-state index in [1.807, 2.05) is 0 Å². The normalized spacial score (nSPS) is 14.6.